The lowest BCUT2D eigenvalue weighted by Crippen LogP contribution is -2.12. The fourth-order valence-electron chi connectivity index (χ4n) is 1.49. The Hall–Kier alpha value is -2.34. The van der Waals surface area contributed by atoms with Gasteiger partial charge >= 0.3 is 6.41 Å². The lowest BCUT2D eigenvalue weighted by Gasteiger charge is -2.08. The molecule has 19 heavy (non-hydrogen) atoms. The van der Waals surface area contributed by atoms with Crippen LogP contribution in [0.15, 0.2) is 59.5 Å². The summed E-state index contributed by atoms with van der Waals surface area (Å²) < 4.78 is 26.5. The van der Waals surface area contributed by atoms with Gasteiger partial charge in [0, 0.05) is 11.4 Å². The van der Waals surface area contributed by atoms with Crippen molar-refractivity contribution in [2.75, 3.05) is 10.0 Å². The molecule has 2 aromatic rings. The molecule has 2 aromatic carbocycles. The van der Waals surface area contributed by atoms with Crippen LogP contribution >= 0.6 is 0 Å². The van der Waals surface area contributed by atoms with Gasteiger partial charge in [-0.25, -0.2) is 8.42 Å². The largest absolute Gasteiger partial charge is 0.318 e. The molecular weight excluding hydrogens is 264 g/mol. The summed E-state index contributed by atoms with van der Waals surface area (Å²) in [4.78, 5) is 10.3. The third kappa shape index (κ3) is 3.32. The highest BCUT2D eigenvalue weighted by atomic mass is 32.2. The van der Waals surface area contributed by atoms with Crippen molar-refractivity contribution in [1.29, 1.82) is 0 Å². The molecule has 0 saturated heterocycles. The Labute approximate surface area is 111 Å². The van der Waals surface area contributed by atoms with E-state index in [1.54, 1.807) is 42.5 Å². The Bertz CT molecular complexity index is 652. The first-order chi connectivity index (χ1) is 9.12. The maximum Gasteiger partial charge on any atom is 0.314 e. The number of amides is 1. The zero-order valence-electron chi connectivity index (χ0n) is 9.83. The number of rotatable bonds is 5. The zero-order chi connectivity index (χ0) is 13.7. The Balaban J connectivity index is 2.19. The summed E-state index contributed by atoms with van der Waals surface area (Å²) >= 11 is 0. The lowest BCUT2D eigenvalue weighted by molar-refractivity contribution is 0.561. The zero-order valence-corrected chi connectivity index (χ0v) is 10.6. The minimum atomic E-state index is -3.59. The first-order valence-electron chi connectivity index (χ1n) is 5.43. The fraction of sp³-hybridized carbons (Fsp3) is 0. The second-order valence-corrected chi connectivity index (χ2v) is 5.41. The van der Waals surface area contributed by atoms with E-state index in [9.17, 15) is 13.2 Å². The van der Waals surface area contributed by atoms with Crippen molar-refractivity contribution in [2.45, 2.75) is 4.90 Å². The first-order valence-corrected chi connectivity index (χ1v) is 6.91. The number of nitrogens with one attached hydrogen (secondary N) is 2. The van der Waals surface area contributed by atoms with Crippen molar-refractivity contribution < 1.29 is 13.2 Å². The molecule has 0 bridgehead atoms. The number of anilines is 2. The highest BCUT2D eigenvalue weighted by Gasteiger charge is 2.12. The highest BCUT2D eigenvalue weighted by Crippen LogP contribution is 2.17. The summed E-state index contributed by atoms with van der Waals surface area (Å²) in [6, 6.07) is 14.3. The van der Waals surface area contributed by atoms with E-state index >= 15 is 0 Å². The molecule has 97 valence electrons. The van der Waals surface area contributed by atoms with Crippen LogP contribution in [0, 0.1) is 0 Å². The Morgan fingerprint density at radius 1 is 0.842 bits per heavy atom. The average molecular weight is 275 g/mol. The van der Waals surface area contributed by atoms with Gasteiger partial charge in [0.15, 0.2) is 0 Å². The van der Waals surface area contributed by atoms with E-state index < -0.39 is 10.0 Å². The van der Waals surface area contributed by atoms with E-state index in [1.807, 2.05) is 0 Å². The summed E-state index contributed by atoms with van der Waals surface area (Å²) in [6.45, 7) is 0. The lowest BCUT2D eigenvalue weighted by atomic mass is 10.3. The van der Waals surface area contributed by atoms with Gasteiger partial charge in [0.2, 0.25) is 0 Å². The van der Waals surface area contributed by atoms with Crippen LogP contribution in [-0.4, -0.2) is 14.8 Å². The molecule has 0 aliphatic heterocycles. The van der Waals surface area contributed by atoms with E-state index in [4.69, 9.17) is 0 Å². The monoisotopic (exact) mass is 275 g/mol. The van der Waals surface area contributed by atoms with Crippen LogP contribution in [0.3, 0.4) is 0 Å². The van der Waals surface area contributed by atoms with Crippen LogP contribution < -0.4 is 10.0 Å². The summed E-state index contributed by atoms with van der Waals surface area (Å²) in [5.74, 6) is 0. The van der Waals surface area contributed by atoms with Gasteiger partial charge in [0.25, 0.3) is 10.0 Å². The third-order valence-corrected chi connectivity index (χ3v) is 3.78. The molecule has 0 fully saturated rings. The molecule has 0 aliphatic rings. The number of hydrogen-bond donors (Lipinski definition) is 2. The van der Waals surface area contributed by atoms with Crippen LogP contribution in [0.4, 0.5) is 11.4 Å². The van der Waals surface area contributed by atoms with E-state index in [1.165, 1.54) is 18.5 Å². The van der Waals surface area contributed by atoms with Crippen molar-refractivity contribution in [3.8, 4) is 0 Å². The maximum absolute atomic E-state index is 12.0. The predicted molar refractivity (Wildman–Crippen MR) is 73.0 cm³/mol. The molecular formula is C13H11N2O3S. The average Bonchev–Trinajstić information content (AvgIpc) is 2.42. The van der Waals surface area contributed by atoms with Crippen molar-refractivity contribution in [2.24, 2.45) is 0 Å². The van der Waals surface area contributed by atoms with Crippen LogP contribution in [0.1, 0.15) is 0 Å². The summed E-state index contributed by atoms with van der Waals surface area (Å²) in [7, 11) is -3.59. The summed E-state index contributed by atoms with van der Waals surface area (Å²) in [5.41, 5.74) is 0.956. The minimum absolute atomic E-state index is 0.193. The second-order valence-electron chi connectivity index (χ2n) is 3.72. The molecule has 2 rings (SSSR count). The van der Waals surface area contributed by atoms with E-state index in [0.717, 1.165) is 0 Å². The Kier molecular flexibility index (Phi) is 3.82. The summed E-state index contributed by atoms with van der Waals surface area (Å²) in [5, 5.41) is 2.35. The van der Waals surface area contributed by atoms with Gasteiger partial charge in [0.1, 0.15) is 0 Å². The SMILES string of the molecule is O=[C]Nc1ccc(NS(=O)(=O)c2ccccc2)cc1. The summed E-state index contributed by atoms with van der Waals surface area (Å²) in [6.07, 6.45) is 1.54. The van der Waals surface area contributed by atoms with Gasteiger partial charge < -0.3 is 5.32 Å². The number of hydrogen-bond acceptors (Lipinski definition) is 3. The second kappa shape index (κ2) is 5.53. The van der Waals surface area contributed by atoms with E-state index in [-0.39, 0.29) is 4.90 Å². The van der Waals surface area contributed by atoms with Gasteiger partial charge in [-0.3, -0.25) is 9.52 Å². The Morgan fingerprint density at radius 2 is 1.42 bits per heavy atom. The van der Waals surface area contributed by atoms with Crippen LogP contribution in [0.5, 0.6) is 0 Å². The molecule has 0 atom stereocenters. The molecule has 6 heteroatoms. The van der Waals surface area contributed by atoms with Crippen molar-refractivity contribution >= 4 is 27.8 Å². The highest BCUT2D eigenvalue weighted by molar-refractivity contribution is 7.92. The van der Waals surface area contributed by atoms with Gasteiger partial charge in [-0.05, 0) is 36.4 Å². The molecule has 1 amide bonds. The number of carbonyl (C=O) groups excluding carboxylic acids is 1. The van der Waals surface area contributed by atoms with E-state index in [0.29, 0.717) is 11.4 Å². The van der Waals surface area contributed by atoms with Gasteiger partial charge in [-0.15, -0.1) is 0 Å². The van der Waals surface area contributed by atoms with Gasteiger partial charge in [0.05, 0.1) is 4.90 Å². The quantitative estimate of drug-likeness (QED) is 0.819. The Morgan fingerprint density at radius 3 is 2.00 bits per heavy atom. The van der Waals surface area contributed by atoms with Gasteiger partial charge in [-0.2, -0.15) is 0 Å². The number of sulfonamides is 1. The van der Waals surface area contributed by atoms with Gasteiger partial charge in [-0.1, -0.05) is 18.2 Å². The van der Waals surface area contributed by atoms with Crippen LogP contribution in [0.2, 0.25) is 0 Å². The third-order valence-electron chi connectivity index (χ3n) is 2.39. The van der Waals surface area contributed by atoms with E-state index in [2.05, 4.69) is 10.0 Å². The fourth-order valence-corrected chi connectivity index (χ4v) is 2.57. The van der Waals surface area contributed by atoms with Crippen molar-refractivity contribution in [3.63, 3.8) is 0 Å². The molecule has 0 unspecified atom stereocenters. The molecule has 0 spiro atoms. The predicted octanol–water partition coefficient (Wildman–Crippen LogP) is 1.97. The molecule has 0 aromatic heterocycles. The molecule has 2 N–H and O–H groups in total. The smallest absolute Gasteiger partial charge is 0.314 e. The van der Waals surface area contributed by atoms with Crippen molar-refractivity contribution in [1.82, 2.24) is 0 Å². The topological polar surface area (TPSA) is 75.3 Å². The number of benzene rings is 2. The standard InChI is InChI=1S/C13H11N2O3S/c16-10-14-11-6-8-12(9-7-11)15-19(17,18)13-4-2-1-3-5-13/h1-9,15H,(H,14,16). The minimum Gasteiger partial charge on any atom is -0.318 e. The molecule has 0 saturated carbocycles. The van der Waals surface area contributed by atoms with Crippen molar-refractivity contribution in [3.05, 3.63) is 54.6 Å². The molecule has 0 aliphatic carbocycles. The van der Waals surface area contributed by atoms with Crippen LogP contribution in [0.25, 0.3) is 0 Å². The first kappa shape index (κ1) is 13.1. The molecule has 0 heterocycles. The van der Waals surface area contributed by atoms with Crippen LogP contribution in [-0.2, 0) is 14.8 Å². The normalized spacial score (nSPS) is 10.7. The maximum atomic E-state index is 12.0. The molecule has 1 radical (unpaired) electrons. The molecule has 5 nitrogen and oxygen atoms in total.